The number of ether oxygens (including phenoxy) is 4. The molecule has 0 aliphatic rings. The van der Waals surface area contributed by atoms with Gasteiger partial charge < -0.3 is 18.9 Å². The molecule has 32 heavy (non-hydrogen) atoms. The summed E-state index contributed by atoms with van der Waals surface area (Å²) >= 11 is 0. The van der Waals surface area contributed by atoms with Gasteiger partial charge in [-0.05, 0) is 37.1 Å². The zero-order valence-electron chi connectivity index (χ0n) is 18.7. The Hall–Kier alpha value is -3.87. The van der Waals surface area contributed by atoms with Crippen molar-refractivity contribution in [3.8, 4) is 22.6 Å². The van der Waals surface area contributed by atoms with Crippen LogP contribution in [0.5, 0.6) is 11.5 Å². The van der Waals surface area contributed by atoms with Gasteiger partial charge in [0, 0.05) is 5.56 Å². The Labute approximate surface area is 186 Å². The van der Waals surface area contributed by atoms with Crippen molar-refractivity contribution in [2.75, 3.05) is 21.3 Å². The topological polar surface area (TPSA) is 84.0 Å². The highest BCUT2D eigenvalue weighted by atomic mass is 16.5. The smallest absolute Gasteiger partial charge is 0.340 e. The molecule has 7 heteroatoms. The fourth-order valence-electron chi connectivity index (χ4n) is 3.52. The first-order chi connectivity index (χ1) is 15.4. The maximum atomic E-state index is 12.6. The molecule has 3 aromatic rings. The van der Waals surface area contributed by atoms with Crippen molar-refractivity contribution >= 4 is 11.9 Å². The molecule has 0 radical (unpaired) electrons. The predicted molar refractivity (Wildman–Crippen MR) is 119 cm³/mol. The summed E-state index contributed by atoms with van der Waals surface area (Å²) in [4.78, 5) is 29.6. The number of benzene rings is 2. The van der Waals surface area contributed by atoms with Gasteiger partial charge in [-0.25, -0.2) is 9.59 Å². The van der Waals surface area contributed by atoms with E-state index in [1.807, 2.05) is 30.3 Å². The molecular formula is C25H25NO6. The normalized spacial score (nSPS) is 10.4. The van der Waals surface area contributed by atoms with Crippen LogP contribution >= 0.6 is 0 Å². The number of carbonyl (C=O) groups excluding carboxylic acids is 2. The summed E-state index contributed by atoms with van der Waals surface area (Å²) in [6.07, 6.45) is 0. The second-order valence-electron chi connectivity index (χ2n) is 7.03. The van der Waals surface area contributed by atoms with Crippen molar-refractivity contribution in [3.63, 3.8) is 0 Å². The minimum atomic E-state index is -0.599. The first kappa shape index (κ1) is 22.8. The molecule has 0 amide bonds. The van der Waals surface area contributed by atoms with E-state index < -0.39 is 11.9 Å². The van der Waals surface area contributed by atoms with Crippen LogP contribution < -0.4 is 9.47 Å². The summed E-state index contributed by atoms with van der Waals surface area (Å²) in [6, 6.07) is 15.0. The summed E-state index contributed by atoms with van der Waals surface area (Å²) in [5.74, 6) is -0.212. The van der Waals surface area contributed by atoms with E-state index in [2.05, 4.69) is 4.98 Å². The zero-order chi connectivity index (χ0) is 23.3. The Balaban J connectivity index is 2.14. The lowest BCUT2D eigenvalue weighted by Gasteiger charge is -2.18. The fraction of sp³-hybridized carbons (Fsp3) is 0.240. The van der Waals surface area contributed by atoms with Gasteiger partial charge in [0.25, 0.3) is 0 Å². The molecule has 0 spiro atoms. The molecule has 0 saturated carbocycles. The van der Waals surface area contributed by atoms with Gasteiger partial charge in [0.05, 0.1) is 43.8 Å². The number of hydrogen-bond donors (Lipinski definition) is 0. The molecular weight excluding hydrogens is 410 g/mol. The molecule has 0 saturated heterocycles. The number of aryl methyl sites for hydroxylation is 2. The Kier molecular flexibility index (Phi) is 7.10. The van der Waals surface area contributed by atoms with E-state index in [-0.39, 0.29) is 11.1 Å². The van der Waals surface area contributed by atoms with Gasteiger partial charge in [0.2, 0.25) is 0 Å². The monoisotopic (exact) mass is 435 g/mol. The van der Waals surface area contributed by atoms with E-state index in [1.54, 1.807) is 32.0 Å². The van der Waals surface area contributed by atoms with Gasteiger partial charge in [-0.1, -0.05) is 36.4 Å². The zero-order valence-corrected chi connectivity index (χ0v) is 18.7. The van der Waals surface area contributed by atoms with Crippen molar-refractivity contribution in [2.45, 2.75) is 20.5 Å². The molecule has 0 N–H and O–H groups in total. The molecule has 7 nitrogen and oxygen atoms in total. The van der Waals surface area contributed by atoms with Crippen molar-refractivity contribution < 1.29 is 28.5 Å². The Morgan fingerprint density at radius 2 is 1.41 bits per heavy atom. The average Bonchev–Trinajstić information content (AvgIpc) is 2.81. The molecule has 0 atom stereocenters. The molecule has 0 unspecified atom stereocenters. The third-order valence-electron chi connectivity index (χ3n) is 5.03. The molecule has 1 heterocycles. The number of hydrogen-bond acceptors (Lipinski definition) is 7. The Bertz CT molecular complexity index is 1100. The maximum absolute atomic E-state index is 12.6. The lowest BCUT2D eigenvalue weighted by molar-refractivity contribution is 0.0599. The fourth-order valence-corrected chi connectivity index (χ4v) is 3.52. The first-order valence-electron chi connectivity index (χ1n) is 9.94. The number of nitrogens with zero attached hydrogens (tertiary/aromatic N) is 1. The highest BCUT2D eigenvalue weighted by molar-refractivity contribution is 6.07. The number of aromatic nitrogens is 1. The standard InChI is InChI=1S/C25H25NO6/c1-15-21(24(27)30-4)23(22(16(2)26-15)25(28)31-5)18-11-12-19(20(13-18)29-3)32-14-17-9-7-6-8-10-17/h6-13H,14H2,1-5H3. The number of pyridine rings is 1. The summed E-state index contributed by atoms with van der Waals surface area (Å²) < 4.78 is 21.4. The summed E-state index contributed by atoms with van der Waals surface area (Å²) in [7, 11) is 4.09. The third kappa shape index (κ3) is 4.56. The van der Waals surface area contributed by atoms with E-state index >= 15 is 0 Å². The first-order valence-corrected chi connectivity index (χ1v) is 9.94. The van der Waals surface area contributed by atoms with E-state index in [1.165, 1.54) is 21.3 Å². The van der Waals surface area contributed by atoms with E-state index in [9.17, 15) is 9.59 Å². The van der Waals surface area contributed by atoms with E-state index in [4.69, 9.17) is 18.9 Å². The van der Waals surface area contributed by atoms with Crippen molar-refractivity contribution in [3.05, 3.63) is 76.6 Å². The molecule has 3 rings (SSSR count). The lowest BCUT2D eigenvalue weighted by Crippen LogP contribution is -2.16. The second kappa shape index (κ2) is 9.96. The van der Waals surface area contributed by atoms with E-state index in [0.29, 0.717) is 40.6 Å². The Morgan fingerprint density at radius 3 is 1.94 bits per heavy atom. The van der Waals surface area contributed by atoms with Gasteiger partial charge in [0.1, 0.15) is 6.61 Å². The molecule has 0 aliphatic carbocycles. The average molecular weight is 435 g/mol. The van der Waals surface area contributed by atoms with Crippen LogP contribution in [0.3, 0.4) is 0 Å². The molecule has 0 aliphatic heterocycles. The van der Waals surface area contributed by atoms with Crippen LogP contribution in [-0.4, -0.2) is 38.3 Å². The van der Waals surface area contributed by atoms with Crippen LogP contribution in [0.2, 0.25) is 0 Å². The minimum Gasteiger partial charge on any atom is -0.493 e. The van der Waals surface area contributed by atoms with E-state index in [0.717, 1.165) is 5.56 Å². The lowest BCUT2D eigenvalue weighted by atomic mass is 9.92. The van der Waals surface area contributed by atoms with Crippen LogP contribution in [0.15, 0.2) is 48.5 Å². The number of esters is 2. The second-order valence-corrected chi connectivity index (χ2v) is 7.03. The van der Waals surface area contributed by atoms with Gasteiger partial charge in [-0.3, -0.25) is 4.98 Å². The predicted octanol–water partition coefficient (Wildman–Crippen LogP) is 4.53. The summed E-state index contributed by atoms with van der Waals surface area (Å²) in [5.41, 5.74) is 3.24. The van der Waals surface area contributed by atoms with Crippen molar-refractivity contribution in [2.24, 2.45) is 0 Å². The Morgan fingerprint density at radius 1 is 0.812 bits per heavy atom. The van der Waals surface area contributed by atoms with Crippen molar-refractivity contribution in [1.29, 1.82) is 0 Å². The largest absolute Gasteiger partial charge is 0.493 e. The number of methoxy groups -OCH3 is 3. The molecule has 2 aromatic carbocycles. The van der Waals surface area contributed by atoms with Crippen LogP contribution in [0.25, 0.3) is 11.1 Å². The van der Waals surface area contributed by atoms with Crippen LogP contribution in [0, 0.1) is 13.8 Å². The van der Waals surface area contributed by atoms with Gasteiger partial charge in [0.15, 0.2) is 11.5 Å². The quantitative estimate of drug-likeness (QED) is 0.504. The molecule has 166 valence electrons. The highest BCUT2D eigenvalue weighted by Crippen LogP contribution is 2.38. The number of rotatable bonds is 7. The van der Waals surface area contributed by atoms with Gasteiger partial charge in [-0.15, -0.1) is 0 Å². The van der Waals surface area contributed by atoms with Crippen LogP contribution in [-0.2, 0) is 16.1 Å². The maximum Gasteiger partial charge on any atom is 0.340 e. The summed E-state index contributed by atoms with van der Waals surface area (Å²) in [5, 5.41) is 0. The molecule has 1 aromatic heterocycles. The minimum absolute atomic E-state index is 0.193. The van der Waals surface area contributed by atoms with Gasteiger partial charge >= 0.3 is 11.9 Å². The van der Waals surface area contributed by atoms with Gasteiger partial charge in [-0.2, -0.15) is 0 Å². The van der Waals surface area contributed by atoms with Crippen LogP contribution in [0.4, 0.5) is 0 Å². The molecule has 0 fully saturated rings. The molecule has 0 bridgehead atoms. The van der Waals surface area contributed by atoms with Crippen LogP contribution in [0.1, 0.15) is 37.7 Å². The summed E-state index contributed by atoms with van der Waals surface area (Å²) in [6.45, 7) is 3.75. The SMILES string of the molecule is COC(=O)c1c(C)nc(C)c(C(=O)OC)c1-c1ccc(OCc2ccccc2)c(OC)c1. The third-order valence-corrected chi connectivity index (χ3v) is 5.03. The number of carbonyl (C=O) groups is 2. The highest BCUT2D eigenvalue weighted by Gasteiger charge is 2.27. The van der Waals surface area contributed by atoms with Crippen molar-refractivity contribution in [1.82, 2.24) is 4.98 Å².